The number of likely N-dealkylation sites (tertiary alicyclic amines) is 1. The Morgan fingerprint density at radius 3 is 2.55 bits per heavy atom. The number of carbonyl (C=O) groups excluding carboxylic acids is 2. The van der Waals surface area contributed by atoms with Crippen molar-refractivity contribution in [1.82, 2.24) is 20.0 Å². The molecule has 4 N–H and O–H groups in total. The monoisotopic (exact) mass is 664 g/mol. The van der Waals surface area contributed by atoms with Crippen LogP contribution in [0.4, 0.5) is 15.8 Å². The summed E-state index contributed by atoms with van der Waals surface area (Å²) >= 11 is 0. The van der Waals surface area contributed by atoms with Crippen LogP contribution < -0.4 is 16.0 Å². The molecule has 3 aromatic carbocycles. The summed E-state index contributed by atoms with van der Waals surface area (Å²) in [5.41, 5.74) is 10.1. The number of halogens is 1. The smallest absolute Gasteiger partial charge is 0.236 e. The molecular weight excluding hydrogens is 623 g/mol. The van der Waals surface area contributed by atoms with Gasteiger partial charge in [-0.3, -0.25) is 24.6 Å². The molecule has 1 aromatic heterocycles. The lowest BCUT2D eigenvalue weighted by Gasteiger charge is -2.37. The SMILES string of the molecule is C=C(/N=C\C=C/N)c1ccc(N2CCN(C(=O)CN3CCC(COC)(C(=O)Nc4ccc5[nH]nc(-c6ccc(F)cc6)c5c4)C3)CC2)cc1. The van der Waals surface area contributed by atoms with E-state index in [2.05, 4.69) is 49.0 Å². The Morgan fingerprint density at radius 1 is 1.08 bits per heavy atom. The number of anilines is 2. The van der Waals surface area contributed by atoms with Gasteiger partial charge < -0.3 is 25.6 Å². The summed E-state index contributed by atoms with van der Waals surface area (Å²) in [5, 5.41) is 11.3. The highest BCUT2D eigenvalue weighted by Crippen LogP contribution is 2.34. The van der Waals surface area contributed by atoms with Crippen molar-refractivity contribution in [3.63, 3.8) is 0 Å². The van der Waals surface area contributed by atoms with Crippen molar-refractivity contribution < 1.29 is 18.7 Å². The van der Waals surface area contributed by atoms with Gasteiger partial charge in [-0.15, -0.1) is 0 Å². The van der Waals surface area contributed by atoms with Gasteiger partial charge in [-0.05, 0) is 85.4 Å². The number of amides is 2. The molecule has 11 nitrogen and oxygen atoms in total. The van der Waals surface area contributed by atoms with Crippen molar-refractivity contribution in [2.45, 2.75) is 6.42 Å². The van der Waals surface area contributed by atoms with Crippen molar-refractivity contribution in [1.29, 1.82) is 0 Å². The highest BCUT2D eigenvalue weighted by molar-refractivity contribution is 6.00. The summed E-state index contributed by atoms with van der Waals surface area (Å²) < 4.78 is 19.0. The Hall–Kier alpha value is -5.33. The van der Waals surface area contributed by atoms with Crippen LogP contribution in [0.15, 0.2) is 90.6 Å². The first-order valence-corrected chi connectivity index (χ1v) is 16.3. The van der Waals surface area contributed by atoms with E-state index in [1.807, 2.05) is 35.2 Å². The van der Waals surface area contributed by atoms with Gasteiger partial charge in [-0.25, -0.2) is 4.39 Å². The standard InChI is InChI=1S/C37H41FN8O3/c1-26(40-16-3-15-39)27-6-11-31(12-7-27)45-18-20-46(21-19-45)34(47)23-44-17-14-37(24-44,25-49-2)36(48)41-30-10-13-33-32(22-30)35(43-42-33)28-4-8-29(38)9-5-28/h3-13,15-16,22H,1,14,17-21,23-25,39H2,2H3,(H,41,48)(H,42,43)/b15-3-,40-16-. The van der Waals surface area contributed by atoms with E-state index in [1.54, 1.807) is 31.5 Å². The number of piperazine rings is 1. The minimum atomic E-state index is -0.803. The molecule has 2 fully saturated rings. The molecule has 0 spiro atoms. The third-order valence-electron chi connectivity index (χ3n) is 9.26. The molecule has 0 aliphatic carbocycles. The number of H-pyrrole nitrogens is 1. The maximum atomic E-state index is 13.8. The number of nitrogens with zero attached hydrogens (tertiary/aromatic N) is 5. The molecule has 6 rings (SSSR count). The zero-order chi connectivity index (χ0) is 34.4. The maximum Gasteiger partial charge on any atom is 0.236 e. The van der Waals surface area contributed by atoms with E-state index in [4.69, 9.17) is 10.5 Å². The molecule has 2 aliphatic heterocycles. The van der Waals surface area contributed by atoms with E-state index < -0.39 is 5.41 Å². The third-order valence-corrected chi connectivity index (χ3v) is 9.26. The van der Waals surface area contributed by atoms with Crippen LogP contribution in [0.2, 0.25) is 0 Å². The maximum absolute atomic E-state index is 13.8. The predicted molar refractivity (Wildman–Crippen MR) is 192 cm³/mol. The second-order valence-corrected chi connectivity index (χ2v) is 12.5. The largest absolute Gasteiger partial charge is 0.405 e. The predicted octanol–water partition coefficient (Wildman–Crippen LogP) is 4.51. The molecule has 0 radical (unpaired) electrons. The van der Waals surface area contributed by atoms with Crippen LogP contribution in [0.1, 0.15) is 12.0 Å². The van der Waals surface area contributed by atoms with Crippen LogP contribution in [-0.2, 0) is 14.3 Å². The van der Waals surface area contributed by atoms with Crippen molar-refractivity contribution >= 4 is 46.0 Å². The lowest BCUT2D eigenvalue weighted by atomic mass is 9.87. The Balaban J connectivity index is 1.04. The Kier molecular flexibility index (Phi) is 10.2. The average Bonchev–Trinajstić information content (AvgIpc) is 3.73. The molecule has 1 unspecified atom stereocenters. The number of fused-ring (bicyclic) bond motifs is 1. The summed E-state index contributed by atoms with van der Waals surface area (Å²) in [5.74, 6) is -0.416. The van der Waals surface area contributed by atoms with Crippen LogP contribution in [0.3, 0.4) is 0 Å². The number of nitrogens with one attached hydrogen (secondary N) is 2. The molecule has 2 aliphatic rings. The Labute approximate surface area is 284 Å². The number of aromatic amines is 1. The molecule has 0 saturated carbocycles. The van der Waals surface area contributed by atoms with Gasteiger partial charge in [0.05, 0.1) is 35.5 Å². The van der Waals surface area contributed by atoms with Crippen LogP contribution in [0.25, 0.3) is 27.9 Å². The van der Waals surface area contributed by atoms with Gasteiger partial charge in [0.15, 0.2) is 0 Å². The van der Waals surface area contributed by atoms with Crippen LogP contribution in [-0.4, -0.2) is 97.6 Å². The van der Waals surface area contributed by atoms with E-state index in [0.717, 1.165) is 40.8 Å². The lowest BCUT2D eigenvalue weighted by Crippen LogP contribution is -2.51. The number of hydrogen-bond acceptors (Lipinski definition) is 8. The van der Waals surface area contributed by atoms with Gasteiger partial charge in [0, 0.05) is 68.4 Å². The first-order chi connectivity index (χ1) is 23.8. The summed E-state index contributed by atoms with van der Waals surface area (Å²) in [6.45, 7) is 8.21. The number of benzene rings is 3. The molecule has 3 heterocycles. The molecule has 1 atom stereocenters. The number of hydrogen-bond donors (Lipinski definition) is 3. The first-order valence-electron chi connectivity index (χ1n) is 16.3. The summed E-state index contributed by atoms with van der Waals surface area (Å²) in [6.07, 6.45) is 5.25. The van der Waals surface area contributed by atoms with Crippen molar-refractivity contribution in [3.05, 3.63) is 97.0 Å². The highest BCUT2D eigenvalue weighted by atomic mass is 19.1. The fourth-order valence-electron chi connectivity index (χ4n) is 6.55. The number of aromatic nitrogens is 2. The molecule has 12 heteroatoms. The van der Waals surface area contributed by atoms with Crippen LogP contribution in [0, 0.1) is 11.2 Å². The quantitative estimate of drug-likeness (QED) is 0.201. The Bertz CT molecular complexity index is 1860. The van der Waals surface area contributed by atoms with E-state index in [9.17, 15) is 14.0 Å². The van der Waals surface area contributed by atoms with E-state index in [0.29, 0.717) is 49.7 Å². The number of methoxy groups -OCH3 is 1. The number of carbonyl (C=O) groups is 2. The fraction of sp³-hybridized carbons (Fsp3) is 0.297. The van der Waals surface area contributed by atoms with Crippen LogP contribution >= 0.6 is 0 Å². The molecule has 254 valence electrons. The molecule has 2 saturated heterocycles. The van der Waals surface area contributed by atoms with Gasteiger partial charge in [-0.1, -0.05) is 18.7 Å². The van der Waals surface area contributed by atoms with Crippen molar-refractivity contribution in [3.8, 4) is 11.3 Å². The summed E-state index contributed by atoms with van der Waals surface area (Å²) in [6, 6.07) is 19.8. The van der Waals surface area contributed by atoms with Crippen molar-refractivity contribution in [2.24, 2.45) is 16.1 Å². The van der Waals surface area contributed by atoms with Gasteiger partial charge in [0.25, 0.3) is 0 Å². The van der Waals surface area contributed by atoms with E-state index in [-0.39, 0.29) is 30.8 Å². The number of ether oxygens (including phenoxy) is 1. The normalized spacial score (nSPS) is 18.6. The number of aliphatic imine (C=N–C) groups is 1. The number of nitrogens with two attached hydrogens (primary N) is 1. The van der Waals surface area contributed by atoms with E-state index >= 15 is 0 Å². The minimum absolute atomic E-state index is 0.0584. The fourth-order valence-corrected chi connectivity index (χ4v) is 6.55. The molecule has 2 amide bonds. The van der Waals surface area contributed by atoms with E-state index in [1.165, 1.54) is 18.3 Å². The lowest BCUT2D eigenvalue weighted by molar-refractivity contribution is -0.133. The van der Waals surface area contributed by atoms with Gasteiger partial charge in [0.1, 0.15) is 5.82 Å². The minimum Gasteiger partial charge on any atom is -0.405 e. The third kappa shape index (κ3) is 7.55. The highest BCUT2D eigenvalue weighted by Gasteiger charge is 2.45. The summed E-state index contributed by atoms with van der Waals surface area (Å²) in [7, 11) is 1.59. The second kappa shape index (κ2) is 14.8. The second-order valence-electron chi connectivity index (χ2n) is 12.5. The molecule has 0 bridgehead atoms. The first kappa shape index (κ1) is 33.6. The topological polar surface area (TPSA) is 132 Å². The molecule has 4 aromatic rings. The Morgan fingerprint density at radius 2 is 1.84 bits per heavy atom. The van der Waals surface area contributed by atoms with Crippen molar-refractivity contribution in [2.75, 3.05) is 69.7 Å². The summed E-state index contributed by atoms with van der Waals surface area (Å²) in [4.78, 5) is 37.7. The molecule has 49 heavy (non-hydrogen) atoms. The molecular formula is C37H41FN8O3. The van der Waals surface area contributed by atoms with Gasteiger partial charge in [0.2, 0.25) is 11.8 Å². The number of rotatable bonds is 11. The zero-order valence-corrected chi connectivity index (χ0v) is 27.6. The average molecular weight is 665 g/mol. The zero-order valence-electron chi connectivity index (χ0n) is 27.6. The van der Waals surface area contributed by atoms with Crippen LogP contribution in [0.5, 0.6) is 0 Å². The number of allylic oxidation sites excluding steroid dienone is 1. The van der Waals surface area contributed by atoms with Gasteiger partial charge >= 0.3 is 0 Å². The van der Waals surface area contributed by atoms with Gasteiger partial charge in [-0.2, -0.15) is 5.10 Å².